The van der Waals surface area contributed by atoms with E-state index in [1.54, 1.807) is 0 Å². The van der Waals surface area contributed by atoms with E-state index < -0.39 is 5.63 Å². The quantitative estimate of drug-likeness (QED) is 0.841. The maximum atomic E-state index is 11.5. The normalized spacial score (nSPS) is 15.9. The van der Waals surface area contributed by atoms with E-state index in [0.29, 0.717) is 11.1 Å². The first kappa shape index (κ1) is 12.2. The summed E-state index contributed by atoms with van der Waals surface area (Å²) in [5, 5.41) is 10.1. The van der Waals surface area contributed by atoms with Crippen molar-refractivity contribution in [2.24, 2.45) is 0 Å². The van der Waals surface area contributed by atoms with Gasteiger partial charge in [0, 0.05) is 36.3 Å². The Hall–Kier alpha value is -1.81. The molecule has 1 aliphatic rings. The van der Waals surface area contributed by atoms with Gasteiger partial charge in [0.05, 0.1) is 6.61 Å². The Balaban J connectivity index is 2.07. The van der Waals surface area contributed by atoms with E-state index in [2.05, 4.69) is 4.90 Å². The van der Waals surface area contributed by atoms with Crippen molar-refractivity contribution in [2.45, 2.75) is 25.9 Å². The minimum Gasteiger partial charge on any atom is -0.423 e. The van der Waals surface area contributed by atoms with E-state index in [4.69, 9.17) is 4.42 Å². The van der Waals surface area contributed by atoms with E-state index in [1.807, 2.05) is 18.2 Å². The Morgan fingerprint density at radius 3 is 2.68 bits per heavy atom. The highest BCUT2D eigenvalue weighted by Crippen LogP contribution is 2.25. The van der Waals surface area contributed by atoms with Crippen molar-refractivity contribution in [3.8, 4) is 0 Å². The lowest BCUT2D eigenvalue weighted by molar-refractivity contribution is 0.282. The molecule has 1 aromatic carbocycles. The van der Waals surface area contributed by atoms with E-state index in [-0.39, 0.29) is 6.61 Å². The maximum Gasteiger partial charge on any atom is 0.336 e. The molecule has 3 rings (SSSR count). The Labute approximate surface area is 111 Å². The van der Waals surface area contributed by atoms with Gasteiger partial charge in [-0.15, -0.1) is 0 Å². The van der Waals surface area contributed by atoms with Crippen molar-refractivity contribution < 1.29 is 9.52 Å². The average molecular weight is 259 g/mol. The number of aliphatic hydroxyl groups is 1. The predicted molar refractivity (Wildman–Crippen MR) is 74.5 cm³/mol. The minimum atomic E-state index is -0.410. The van der Waals surface area contributed by atoms with Crippen LogP contribution >= 0.6 is 0 Å². The van der Waals surface area contributed by atoms with Crippen LogP contribution in [0.5, 0.6) is 0 Å². The van der Waals surface area contributed by atoms with Crippen LogP contribution in [0.15, 0.2) is 33.5 Å². The molecule has 1 aromatic heterocycles. The molecule has 19 heavy (non-hydrogen) atoms. The molecule has 0 saturated carbocycles. The van der Waals surface area contributed by atoms with Gasteiger partial charge in [0.25, 0.3) is 0 Å². The number of nitrogens with zero attached hydrogens (tertiary/aromatic N) is 1. The lowest BCUT2D eigenvalue weighted by Crippen LogP contribution is -2.29. The third-order valence-electron chi connectivity index (χ3n) is 3.71. The highest BCUT2D eigenvalue weighted by Gasteiger charge is 2.13. The molecular formula is C15H17NO3. The SMILES string of the molecule is O=c1cc(CO)c2ccc(N3CCCCC3)cc2o1. The number of piperidine rings is 1. The van der Waals surface area contributed by atoms with Gasteiger partial charge >= 0.3 is 5.63 Å². The third-order valence-corrected chi connectivity index (χ3v) is 3.71. The van der Waals surface area contributed by atoms with Crippen LogP contribution in [0.1, 0.15) is 24.8 Å². The fraction of sp³-hybridized carbons (Fsp3) is 0.400. The van der Waals surface area contributed by atoms with Gasteiger partial charge in [-0.05, 0) is 37.0 Å². The largest absolute Gasteiger partial charge is 0.423 e. The van der Waals surface area contributed by atoms with Gasteiger partial charge in [0.1, 0.15) is 5.58 Å². The number of hydrogen-bond donors (Lipinski definition) is 1. The third kappa shape index (κ3) is 2.36. The van der Waals surface area contributed by atoms with Crippen LogP contribution < -0.4 is 10.5 Å². The maximum absolute atomic E-state index is 11.5. The zero-order valence-corrected chi connectivity index (χ0v) is 10.8. The first-order chi connectivity index (χ1) is 9.28. The second-order valence-electron chi connectivity index (χ2n) is 4.98. The van der Waals surface area contributed by atoms with E-state index in [9.17, 15) is 9.90 Å². The van der Waals surface area contributed by atoms with Gasteiger partial charge in [-0.3, -0.25) is 0 Å². The van der Waals surface area contributed by atoms with Crippen LogP contribution in [0.25, 0.3) is 11.0 Å². The van der Waals surface area contributed by atoms with Crippen LogP contribution in [0.3, 0.4) is 0 Å². The van der Waals surface area contributed by atoms with Crippen LogP contribution in [-0.2, 0) is 6.61 Å². The van der Waals surface area contributed by atoms with Gasteiger partial charge < -0.3 is 14.4 Å². The molecule has 0 radical (unpaired) electrons. The van der Waals surface area contributed by atoms with Crippen LogP contribution in [0.2, 0.25) is 0 Å². The highest BCUT2D eigenvalue weighted by atomic mass is 16.4. The summed E-state index contributed by atoms with van der Waals surface area (Å²) in [6.07, 6.45) is 3.70. The first-order valence-corrected chi connectivity index (χ1v) is 6.70. The number of aliphatic hydroxyl groups excluding tert-OH is 1. The van der Waals surface area contributed by atoms with E-state index >= 15 is 0 Å². The Bertz CT molecular complexity index is 641. The van der Waals surface area contributed by atoms with Crippen molar-refractivity contribution in [3.63, 3.8) is 0 Å². The molecule has 4 nitrogen and oxygen atoms in total. The summed E-state index contributed by atoms with van der Waals surface area (Å²) in [6.45, 7) is 1.95. The molecule has 100 valence electrons. The molecule has 0 unspecified atom stereocenters. The molecule has 0 amide bonds. The summed E-state index contributed by atoms with van der Waals surface area (Å²) >= 11 is 0. The lowest BCUT2D eigenvalue weighted by atomic mass is 10.1. The fourth-order valence-electron chi connectivity index (χ4n) is 2.70. The van der Waals surface area contributed by atoms with Crippen LogP contribution in [0.4, 0.5) is 5.69 Å². The molecular weight excluding hydrogens is 242 g/mol. The van der Waals surface area contributed by atoms with Gasteiger partial charge in [0.15, 0.2) is 0 Å². The topological polar surface area (TPSA) is 53.7 Å². The fourth-order valence-corrected chi connectivity index (χ4v) is 2.70. The zero-order chi connectivity index (χ0) is 13.2. The van der Waals surface area contributed by atoms with Crippen molar-refractivity contribution >= 4 is 16.7 Å². The first-order valence-electron chi connectivity index (χ1n) is 6.70. The summed E-state index contributed by atoms with van der Waals surface area (Å²) < 4.78 is 5.24. The van der Waals surface area contributed by atoms with Gasteiger partial charge in [-0.1, -0.05) is 0 Å². The molecule has 0 spiro atoms. The van der Waals surface area contributed by atoms with E-state index in [1.165, 1.54) is 25.3 Å². The smallest absolute Gasteiger partial charge is 0.336 e. The number of hydrogen-bond acceptors (Lipinski definition) is 4. The second kappa shape index (κ2) is 5.05. The summed E-state index contributed by atoms with van der Waals surface area (Å²) in [6, 6.07) is 7.21. The molecule has 0 aliphatic carbocycles. The molecule has 2 aromatic rings. The summed E-state index contributed by atoms with van der Waals surface area (Å²) in [5.74, 6) is 0. The molecule has 1 saturated heterocycles. The molecule has 1 aliphatic heterocycles. The number of benzene rings is 1. The summed E-state index contributed by atoms with van der Waals surface area (Å²) in [4.78, 5) is 13.8. The van der Waals surface area contributed by atoms with Crippen molar-refractivity contribution in [2.75, 3.05) is 18.0 Å². The van der Waals surface area contributed by atoms with Gasteiger partial charge in [-0.2, -0.15) is 0 Å². The van der Waals surface area contributed by atoms with E-state index in [0.717, 1.165) is 24.2 Å². The van der Waals surface area contributed by atoms with Gasteiger partial charge in [0.2, 0.25) is 0 Å². The molecule has 1 N–H and O–H groups in total. The van der Waals surface area contributed by atoms with Crippen molar-refractivity contribution in [3.05, 3.63) is 40.2 Å². The Kier molecular flexibility index (Phi) is 3.25. The number of rotatable bonds is 2. The molecule has 0 atom stereocenters. The number of anilines is 1. The Morgan fingerprint density at radius 2 is 1.95 bits per heavy atom. The predicted octanol–water partition coefficient (Wildman–Crippen LogP) is 2.28. The van der Waals surface area contributed by atoms with Crippen molar-refractivity contribution in [1.82, 2.24) is 0 Å². The zero-order valence-electron chi connectivity index (χ0n) is 10.8. The molecule has 1 fully saturated rings. The second-order valence-corrected chi connectivity index (χ2v) is 4.98. The molecule has 2 heterocycles. The molecule has 0 bridgehead atoms. The van der Waals surface area contributed by atoms with Crippen molar-refractivity contribution in [1.29, 1.82) is 0 Å². The molecule has 4 heteroatoms. The van der Waals surface area contributed by atoms with Gasteiger partial charge in [-0.25, -0.2) is 4.79 Å². The summed E-state index contributed by atoms with van der Waals surface area (Å²) in [5.41, 5.74) is 1.86. The lowest BCUT2D eigenvalue weighted by Gasteiger charge is -2.28. The standard InChI is InChI=1S/C15H17NO3/c17-10-11-8-15(18)19-14-9-12(4-5-13(11)14)16-6-2-1-3-7-16/h4-5,8-9,17H,1-3,6-7,10H2. The van der Waals surface area contributed by atoms with Crippen LogP contribution in [0, 0.1) is 0 Å². The summed E-state index contributed by atoms with van der Waals surface area (Å²) in [7, 11) is 0. The number of fused-ring (bicyclic) bond motifs is 1. The van der Waals surface area contributed by atoms with Crippen LogP contribution in [-0.4, -0.2) is 18.2 Å². The monoisotopic (exact) mass is 259 g/mol. The Morgan fingerprint density at radius 1 is 1.16 bits per heavy atom. The highest BCUT2D eigenvalue weighted by molar-refractivity contribution is 5.83. The average Bonchev–Trinajstić information content (AvgIpc) is 2.46. The minimum absolute atomic E-state index is 0.148.